The first-order valence-corrected chi connectivity index (χ1v) is 7.73. The summed E-state index contributed by atoms with van der Waals surface area (Å²) >= 11 is 0. The highest BCUT2D eigenvalue weighted by atomic mass is 16.5. The fourth-order valence-corrected chi connectivity index (χ4v) is 2.23. The smallest absolute Gasteiger partial charge is 0.262 e. The van der Waals surface area contributed by atoms with Gasteiger partial charge in [0.05, 0.1) is 0 Å². The molecule has 126 valence electrons. The molecule has 0 heterocycles. The summed E-state index contributed by atoms with van der Waals surface area (Å²) in [5.74, 6) is 0.262. The van der Waals surface area contributed by atoms with Crippen LogP contribution < -0.4 is 15.4 Å². The lowest BCUT2D eigenvalue weighted by Gasteiger charge is -2.11. The van der Waals surface area contributed by atoms with Gasteiger partial charge in [-0.15, -0.1) is 0 Å². The van der Waals surface area contributed by atoms with E-state index in [1.165, 1.54) is 5.56 Å². The van der Waals surface area contributed by atoms with Crippen LogP contribution in [-0.2, 0) is 4.79 Å². The van der Waals surface area contributed by atoms with Crippen LogP contribution in [0, 0.1) is 20.8 Å². The number of carbonyl (C=O) groups is 2. The zero-order valence-electron chi connectivity index (χ0n) is 14.4. The second kappa shape index (κ2) is 7.64. The fraction of sp³-hybridized carbons (Fsp3) is 0.263. The molecule has 2 aromatic carbocycles. The van der Waals surface area contributed by atoms with Gasteiger partial charge < -0.3 is 15.4 Å². The summed E-state index contributed by atoms with van der Waals surface area (Å²) in [5.41, 5.74) is 4.33. The highest BCUT2D eigenvalue weighted by Gasteiger charge is 2.09. The molecule has 0 bridgehead atoms. The van der Waals surface area contributed by atoms with Crippen molar-refractivity contribution < 1.29 is 14.3 Å². The number of carbonyl (C=O) groups excluding carboxylic acids is 2. The van der Waals surface area contributed by atoms with Crippen LogP contribution in [0.3, 0.4) is 0 Å². The summed E-state index contributed by atoms with van der Waals surface area (Å²) in [6, 6.07) is 10.8. The lowest BCUT2D eigenvalue weighted by molar-refractivity contribution is -0.118. The Labute approximate surface area is 142 Å². The number of benzene rings is 2. The third-order valence-corrected chi connectivity index (χ3v) is 3.84. The summed E-state index contributed by atoms with van der Waals surface area (Å²) in [6.45, 7) is 5.79. The van der Waals surface area contributed by atoms with E-state index in [9.17, 15) is 9.59 Å². The lowest BCUT2D eigenvalue weighted by Crippen LogP contribution is -2.21. The molecular formula is C19H22N2O3. The summed E-state index contributed by atoms with van der Waals surface area (Å²) in [6.07, 6.45) is 0. The SMILES string of the molecule is CNC(=O)c1ccc(NC(=O)COc2ccc(C)c(C)c2)c(C)c1. The van der Waals surface area contributed by atoms with Crippen molar-refractivity contribution in [2.75, 3.05) is 19.0 Å². The van der Waals surface area contributed by atoms with Gasteiger partial charge in [-0.25, -0.2) is 0 Å². The van der Waals surface area contributed by atoms with E-state index in [0.29, 0.717) is 17.0 Å². The Bertz CT molecular complexity index is 769. The van der Waals surface area contributed by atoms with Gasteiger partial charge in [0.15, 0.2) is 6.61 Å². The minimum absolute atomic E-state index is 0.0703. The molecule has 0 saturated carbocycles. The normalized spacial score (nSPS) is 10.2. The Morgan fingerprint density at radius 2 is 1.71 bits per heavy atom. The van der Waals surface area contributed by atoms with Crippen LogP contribution in [0.25, 0.3) is 0 Å². The van der Waals surface area contributed by atoms with E-state index in [1.807, 2.05) is 39.0 Å². The minimum Gasteiger partial charge on any atom is -0.484 e. The first-order chi connectivity index (χ1) is 11.4. The van der Waals surface area contributed by atoms with Crippen LogP contribution in [0.15, 0.2) is 36.4 Å². The summed E-state index contributed by atoms with van der Waals surface area (Å²) < 4.78 is 5.52. The van der Waals surface area contributed by atoms with Gasteiger partial charge in [0.1, 0.15) is 5.75 Å². The number of amides is 2. The lowest BCUT2D eigenvalue weighted by atomic mass is 10.1. The predicted molar refractivity (Wildman–Crippen MR) is 94.6 cm³/mol. The van der Waals surface area contributed by atoms with Gasteiger partial charge in [0.25, 0.3) is 11.8 Å². The maximum absolute atomic E-state index is 12.0. The summed E-state index contributed by atoms with van der Waals surface area (Å²) in [7, 11) is 1.58. The Morgan fingerprint density at radius 3 is 2.33 bits per heavy atom. The molecule has 0 radical (unpaired) electrons. The zero-order chi connectivity index (χ0) is 17.7. The number of nitrogens with one attached hydrogen (secondary N) is 2. The minimum atomic E-state index is -0.246. The van der Waals surface area contributed by atoms with E-state index in [-0.39, 0.29) is 18.4 Å². The first-order valence-electron chi connectivity index (χ1n) is 7.73. The Hall–Kier alpha value is -2.82. The molecule has 5 heteroatoms. The monoisotopic (exact) mass is 326 g/mol. The molecule has 2 N–H and O–H groups in total. The van der Waals surface area contributed by atoms with E-state index >= 15 is 0 Å². The van der Waals surface area contributed by atoms with Crippen molar-refractivity contribution >= 4 is 17.5 Å². The maximum atomic E-state index is 12.0. The highest BCUT2D eigenvalue weighted by Crippen LogP contribution is 2.18. The second-order valence-electron chi connectivity index (χ2n) is 5.69. The fourth-order valence-electron chi connectivity index (χ4n) is 2.23. The number of rotatable bonds is 5. The largest absolute Gasteiger partial charge is 0.484 e. The Morgan fingerprint density at radius 1 is 0.958 bits per heavy atom. The van der Waals surface area contributed by atoms with Crippen molar-refractivity contribution in [1.82, 2.24) is 5.32 Å². The first kappa shape index (κ1) is 17.5. The van der Waals surface area contributed by atoms with Gasteiger partial charge in [0.2, 0.25) is 0 Å². The number of hydrogen-bond acceptors (Lipinski definition) is 3. The van der Waals surface area contributed by atoms with Gasteiger partial charge in [0, 0.05) is 18.3 Å². The van der Waals surface area contributed by atoms with E-state index in [4.69, 9.17) is 4.74 Å². The average Bonchev–Trinajstić information content (AvgIpc) is 2.57. The molecule has 0 aliphatic heterocycles. The number of hydrogen-bond donors (Lipinski definition) is 2. The van der Waals surface area contributed by atoms with Crippen molar-refractivity contribution in [3.63, 3.8) is 0 Å². The van der Waals surface area contributed by atoms with Crippen LogP contribution in [0.1, 0.15) is 27.0 Å². The molecule has 0 atom stereocenters. The Kier molecular flexibility index (Phi) is 5.58. The highest BCUT2D eigenvalue weighted by molar-refractivity contribution is 5.96. The van der Waals surface area contributed by atoms with Gasteiger partial charge in [-0.05, 0) is 67.8 Å². The molecule has 0 aliphatic rings. The predicted octanol–water partition coefficient (Wildman–Crippen LogP) is 2.99. The van der Waals surface area contributed by atoms with Crippen LogP contribution in [0.2, 0.25) is 0 Å². The van der Waals surface area contributed by atoms with Crippen LogP contribution in [-0.4, -0.2) is 25.5 Å². The molecule has 2 rings (SSSR count). The van der Waals surface area contributed by atoms with Gasteiger partial charge in [-0.3, -0.25) is 9.59 Å². The van der Waals surface area contributed by atoms with E-state index in [2.05, 4.69) is 10.6 Å². The van der Waals surface area contributed by atoms with E-state index in [1.54, 1.807) is 25.2 Å². The third kappa shape index (κ3) is 4.35. The molecule has 2 aromatic rings. The molecular weight excluding hydrogens is 304 g/mol. The number of ether oxygens (including phenoxy) is 1. The molecule has 0 aliphatic carbocycles. The molecule has 0 aromatic heterocycles. The number of aryl methyl sites for hydroxylation is 3. The quantitative estimate of drug-likeness (QED) is 0.887. The van der Waals surface area contributed by atoms with Crippen LogP contribution in [0.4, 0.5) is 5.69 Å². The Balaban J connectivity index is 1.97. The van der Waals surface area contributed by atoms with Gasteiger partial charge in [-0.2, -0.15) is 0 Å². The molecule has 0 saturated heterocycles. The zero-order valence-corrected chi connectivity index (χ0v) is 14.4. The second-order valence-corrected chi connectivity index (χ2v) is 5.69. The van der Waals surface area contributed by atoms with Crippen molar-refractivity contribution in [2.24, 2.45) is 0 Å². The average molecular weight is 326 g/mol. The summed E-state index contributed by atoms with van der Waals surface area (Å²) in [5, 5.41) is 5.36. The molecule has 24 heavy (non-hydrogen) atoms. The van der Waals surface area contributed by atoms with E-state index < -0.39 is 0 Å². The van der Waals surface area contributed by atoms with Crippen molar-refractivity contribution in [3.05, 3.63) is 58.7 Å². The van der Waals surface area contributed by atoms with Crippen LogP contribution >= 0.6 is 0 Å². The molecule has 0 spiro atoms. The standard InChI is InChI=1S/C19H22N2O3/c1-12-5-7-16(10-13(12)2)24-11-18(22)21-17-8-6-15(9-14(17)3)19(23)20-4/h5-10H,11H2,1-4H3,(H,20,23)(H,21,22). The van der Waals surface area contributed by atoms with Crippen molar-refractivity contribution in [2.45, 2.75) is 20.8 Å². The summed E-state index contributed by atoms with van der Waals surface area (Å²) in [4.78, 5) is 23.6. The van der Waals surface area contributed by atoms with Crippen molar-refractivity contribution in [3.8, 4) is 5.75 Å². The molecule has 0 unspecified atom stereocenters. The maximum Gasteiger partial charge on any atom is 0.262 e. The van der Waals surface area contributed by atoms with Gasteiger partial charge in [-0.1, -0.05) is 6.07 Å². The van der Waals surface area contributed by atoms with Gasteiger partial charge >= 0.3 is 0 Å². The number of anilines is 1. The van der Waals surface area contributed by atoms with Crippen LogP contribution in [0.5, 0.6) is 5.75 Å². The molecule has 0 fully saturated rings. The topological polar surface area (TPSA) is 67.4 Å². The third-order valence-electron chi connectivity index (χ3n) is 3.84. The van der Waals surface area contributed by atoms with Crippen molar-refractivity contribution in [1.29, 1.82) is 0 Å². The molecule has 5 nitrogen and oxygen atoms in total. The van der Waals surface area contributed by atoms with E-state index in [0.717, 1.165) is 11.1 Å². The molecule has 2 amide bonds.